The van der Waals surface area contributed by atoms with Crippen LogP contribution in [0.25, 0.3) is 0 Å². The Morgan fingerprint density at radius 1 is 1.40 bits per heavy atom. The highest BCUT2D eigenvalue weighted by atomic mass is 79.9. The molecule has 0 spiro atoms. The normalized spacial score (nSPS) is 21.7. The smallest absolute Gasteiger partial charge is 0.146 e. The molecule has 1 aromatic heterocycles. The lowest BCUT2D eigenvalue weighted by Gasteiger charge is -2.19. The van der Waals surface area contributed by atoms with Gasteiger partial charge in [0.05, 0.1) is 10.3 Å². The Kier molecular flexibility index (Phi) is 3.81. The summed E-state index contributed by atoms with van der Waals surface area (Å²) in [6, 6.07) is 3.92. The molecule has 1 aliphatic rings. The first-order valence-electron chi connectivity index (χ1n) is 5.06. The predicted octanol–water partition coefficient (Wildman–Crippen LogP) is 3.45. The highest BCUT2D eigenvalue weighted by Crippen LogP contribution is 2.30. The van der Waals surface area contributed by atoms with E-state index in [0.29, 0.717) is 5.78 Å². The van der Waals surface area contributed by atoms with Gasteiger partial charge in [0, 0.05) is 17.1 Å². The van der Waals surface area contributed by atoms with Crippen molar-refractivity contribution in [2.45, 2.75) is 36.0 Å². The van der Waals surface area contributed by atoms with Crippen molar-refractivity contribution in [1.82, 2.24) is 4.98 Å². The molecule has 0 aliphatic heterocycles. The number of carbonyl (C=O) groups is 1. The molecule has 0 aromatic carbocycles. The minimum absolute atomic E-state index is 0.132. The Morgan fingerprint density at radius 3 is 2.93 bits per heavy atom. The molecule has 1 saturated carbocycles. The van der Waals surface area contributed by atoms with Crippen LogP contribution in [0.15, 0.2) is 27.8 Å². The average molecular weight is 286 g/mol. The number of ketones is 1. The summed E-state index contributed by atoms with van der Waals surface area (Å²) in [5.41, 5.74) is 0. The van der Waals surface area contributed by atoms with Gasteiger partial charge in [-0.15, -0.1) is 0 Å². The van der Waals surface area contributed by atoms with Crippen LogP contribution in [0, 0.1) is 0 Å². The third-order valence-electron chi connectivity index (χ3n) is 2.46. The summed E-state index contributed by atoms with van der Waals surface area (Å²) in [4.78, 5) is 15.9. The standard InChI is InChI=1S/C11H12BrNOS/c12-8-5-6-11(13-7-8)15-10-4-2-1-3-9(10)14/h5-7,10H,1-4H2. The van der Waals surface area contributed by atoms with Gasteiger partial charge in [0.15, 0.2) is 0 Å². The molecule has 15 heavy (non-hydrogen) atoms. The van der Waals surface area contributed by atoms with E-state index >= 15 is 0 Å². The van der Waals surface area contributed by atoms with Crippen molar-refractivity contribution in [3.63, 3.8) is 0 Å². The first-order valence-corrected chi connectivity index (χ1v) is 6.74. The number of halogens is 1. The van der Waals surface area contributed by atoms with E-state index in [0.717, 1.165) is 28.8 Å². The second-order valence-electron chi connectivity index (χ2n) is 3.63. The minimum Gasteiger partial charge on any atom is -0.298 e. The molecule has 0 saturated heterocycles. The summed E-state index contributed by atoms with van der Waals surface area (Å²) in [6.45, 7) is 0. The molecule has 1 aromatic rings. The van der Waals surface area contributed by atoms with Crippen LogP contribution in [0.1, 0.15) is 25.7 Å². The van der Waals surface area contributed by atoms with Gasteiger partial charge in [0.25, 0.3) is 0 Å². The zero-order valence-corrected chi connectivity index (χ0v) is 10.7. The molecule has 1 fully saturated rings. The first kappa shape index (κ1) is 11.1. The number of pyridine rings is 1. The van der Waals surface area contributed by atoms with E-state index in [9.17, 15) is 4.79 Å². The number of hydrogen-bond acceptors (Lipinski definition) is 3. The van der Waals surface area contributed by atoms with Crippen LogP contribution in [0.3, 0.4) is 0 Å². The summed E-state index contributed by atoms with van der Waals surface area (Å²) in [5.74, 6) is 0.385. The van der Waals surface area contributed by atoms with Gasteiger partial charge in [-0.25, -0.2) is 4.98 Å². The van der Waals surface area contributed by atoms with Gasteiger partial charge >= 0.3 is 0 Å². The van der Waals surface area contributed by atoms with E-state index in [2.05, 4.69) is 20.9 Å². The second kappa shape index (κ2) is 5.12. The van der Waals surface area contributed by atoms with E-state index in [-0.39, 0.29) is 5.25 Å². The minimum atomic E-state index is 0.132. The predicted molar refractivity (Wildman–Crippen MR) is 65.1 cm³/mol. The van der Waals surface area contributed by atoms with Crippen LogP contribution < -0.4 is 0 Å². The largest absolute Gasteiger partial charge is 0.298 e. The molecule has 0 N–H and O–H groups in total. The van der Waals surface area contributed by atoms with Crippen molar-refractivity contribution >= 4 is 33.5 Å². The SMILES string of the molecule is O=C1CCCCC1Sc1ccc(Br)cn1. The quantitative estimate of drug-likeness (QED) is 0.834. The van der Waals surface area contributed by atoms with Gasteiger partial charge in [0.1, 0.15) is 5.78 Å². The van der Waals surface area contributed by atoms with Gasteiger partial charge in [0.2, 0.25) is 0 Å². The Balaban J connectivity index is 2.01. The summed E-state index contributed by atoms with van der Waals surface area (Å²) in [5, 5.41) is 1.07. The lowest BCUT2D eigenvalue weighted by molar-refractivity contribution is -0.119. The molecule has 0 bridgehead atoms. The number of rotatable bonds is 2. The van der Waals surface area contributed by atoms with Crippen LogP contribution >= 0.6 is 27.7 Å². The molecular weight excluding hydrogens is 274 g/mol. The molecule has 2 nitrogen and oxygen atoms in total. The van der Waals surface area contributed by atoms with Crippen LogP contribution in [-0.2, 0) is 4.79 Å². The molecule has 80 valence electrons. The zero-order valence-electron chi connectivity index (χ0n) is 8.28. The summed E-state index contributed by atoms with van der Waals surface area (Å²) >= 11 is 4.94. The number of carbonyl (C=O) groups excluding carboxylic acids is 1. The van der Waals surface area contributed by atoms with Crippen molar-refractivity contribution in [1.29, 1.82) is 0 Å². The van der Waals surface area contributed by atoms with Crippen LogP contribution in [0.4, 0.5) is 0 Å². The van der Waals surface area contributed by atoms with Crippen molar-refractivity contribution < 1.29 is 4.79 Å². The molecule has 0 amide bonds. The molecule has 1 heterocycles. The van der Waals surface area contributed by atoms with Crippen molar-refractivity contribution in [3.8, 4) is 0 Å². The van der Waals surface area contributed by atoms with Gasteiger partial charge < -0.3 is 0 Å². The summed E-state index contributed by atoms with van der Waals surface area (Å²) in [6.07, 6.45) is 5.74. The monoisotopic (exact) mass is 285 g/mol. The zero-order chi connectivity index (χ0) is 10.7. The maximum Gasteiger partial charge on any atom is 0.146 e. The van der Waals surface area contributed by atoms with E-state index in [4.69, 9.17) is 0 Å². The Labute approximate surface area is 102 Å². The third-order valence-corrected chi connectivity index (χ3v) is 4.20. The Hall–Kier alpha value is -0.350. The van der Waals surface area contributed by atoms with Gasteiger partial charge in [-0.1, -0.05) is 18.2 Å². The summed E-state index contributed by atoms with van der Waals surface area (Å²) in [7, 11) is 0. The molecule has 4 heteroatoms. The van der Waals surface area contributed by atoms with Crippen LogP contribution in [0.5, 0.6) is 0 Å². The van der Waals surface area contributed by atoms with E-state index < -0.39 is 0 Å². The van der Waals surface area contributed by atoms with Crippen molar-refractivity contribution in [2.75, 3.05) is 0 Å². The fourth-order valence-electron chi connectivity index (χ4n) is 1.65. The van der Waals surface area contributed by atoms with E-state index in [1.165, 1.54) is 6.42 Å². The third kappa shape index (κ3) is 3.05. The number of Topliss-reactive ketones (excluding diaryl/α,β-unsaturated/α-hetero) is 1. The molecule has 0 radical (unpaired) electrons. The second-order valence-corrected chi connectivity index (χ2v) is 5.77. The number of aromatic nitrogens is 1. The lowest BCUT2D eigenvalue weighted by Crippen LogP contribution is -2.21. The molecule has 1 atom stereocenters. The van der Waals surface area contributed by atoms with Gasteiger partial charge in [-0.05, 0) is 40.9 Å². The fraction of sp³-hybridized carbons (Fsp3) is 0.455. The number of thioether (sulfide) groups is 1. The first-order chi connectivity index (χ1) is 7.25. The van der Waals surface area contributed by atoms with Crippen LogP contribution in [-0.4, -0.2) is 16.0 Å². The topological polar surface area (TPSA) is 30.0 Å². The fourth-order valence-corrected chi connectivity index (χ4v) is 2.97. The number of nitrogens with zero attached hydrogens (tertiary/aromatic N) is 1. The average Bonchev–Trinajstić information content (AvgIpc) is 2.25. The summed E-state index contributed by atoms with van der Waals surface area (Å²) < 4.78 is 0.974. The lowest BCUT2D eigenvalue weighted by atomic mass is 9.99. The highest BCUT2D eigenvalue weighted by molar-refractivity contribution is 9.10. The highest BCUT2D eigenvalue weighted by Gasteiger charge is 2.23. The van der Waals surface area contributed by atoms with Gasteiger partial charge in [-0.2, -0.15) is 0 Å². The van der Waals surface area contributed by atoms with Gasteiger partial charge in [-0.3, -0.25) is 4.79 Å². The van der Waals surface area contributed by atoms with Crippen molar-refractivity contribution in [2.24, 2.45) is 0 Å². The Morgan fingerprint density at radius 2 is 2.27 bits per heavy atom. The van der Waals surface area contributed by atoms with E-state index in [1.54, 1.807) is 18.0 Å². The molecule has 1 unspecified atom stereocenters. The molecule has 2 rings (SSSR count). The van der Waals surface area contributed by atoms with Crippen LogP contribution in [0.2, 0.25) is 0 Å². The van der Waals surface area contributed by atoms with Crippen molar-refractivity contribution in [3.05, 3.63) is 22.8 Å². The number of hydrogen-bond donors (Lipinski definition) is 0. The molecule has 1 aliphatic carbocycles. The Bertz CT molecular complexity index is 352. The van der Waals surface area contributed by atoms with E-state index in [1.807, 2.05) is 12.1 Å². The maximum absolute atomic E-state index is 11.6. The molecular formula is C11H12BrNOS. The maximum atomic E-state index is 11.6.